The second-order valence-corrected chi connectivity index (χ2v) is 6.93. The molecule has 1 rings (SSSR count). The first-order valence-corrected chi connectivity index (χ1v) is 8.02. The number of carbonyl (C=O) groups is 1. The van der Waals surface area contributed by atoms with Gasteiger partial charge in [0.25, 0.3) is 0 Å². The first kappa shape index (κ1) is 16.7. The van der Waals surface area contributed by atoms with E-state index in [2.05, 4.69) is 4.74 Å². The molecule has 0 spiro atoms. The zero-order valence-corrected chi connectivity index (χ0v) is 12.9. The standard InChI is InChI=1S/C14H21NO4S/c1-12-6-8-13(9-7-12)11-15(2)20(17,18)10-4-5-14(16)19-3/h6-9H,4-5,10-11H2,1-3H3. The van der Waals surface area contributed by atoms with Crippen LogP contribution in [-0.2, 0) is 26.1 Å². The summed E-state index contributed by atoms with van der Waals surface area (Å²) in [6, 6.07) is 7.73. The van der Waals surface area contributed by atoms with Gasteiger partial charge in [0.05, 0.1) is 12.9 Å². The molecular weight excluding hydrogens is 278 g/mol. The van der Waals surface area contributed by atoms with Gasteiger partial charge < -0.3 is 4.74 Å². The maximum Gasteiger partial charge on any atom is 0.305 e. The predicted molar refractivity (Wildman–Crippen MR) is 77.7 cm³/mol. The third-order valence-electron chi connectivity index (χ3n) is 3.01. The van der Waals surface area contributed by atoms with Crippen LogP contribution in [0.1, 0.15) is 24.0 Å². The molecule has 0 atom stereocenters. The van der Waals surface area contributed by atoms with Gasteiger partial charge in [-0.25, -0.2) is 12.7 Å². The fourth-order valence-electron chi connectivity index (χ4n) is 1.71. The van der Waals surface area contributed by atoms with Crippen LogP contribution in [0.3, 0.4) is 0 Å². The first-order valence-electron chi connectivity index (χ1n) is 6.41. The van der Waals surface area contributed by atoms with Crippen LogP contribution in [0.5, 0.6) is 0 Å². The molecule has 0 aromatic heterocycles. The molecule has 0 N–H and O–H groups in total. The van der Waals surface area contributed by atoms with Gasteiger partial charge in [-0.3, -0.25) is 4.79 Å². The Hall–Kier alpha value is -1.40. The number of hydrogen-bond donors (Lipinski definition) is 0. The molecule has 0 radical (unpaired) electrons. The molecule has 0 unspecified atom stereocenters. The topological polar surface area (TPSA) is 63.7 Å². The zero-order chi connectivity index (χ0) is 15.2. The van der Waals surface area contributed by atoms with E-state index in [1.54, 1.807) is 7.05 Å². The molecule has 6 heteroatoms. The number of hydrogen-bond acceptors (Lipinski definition) is 4. The maximum absolute atomic E-state index is 12.0. The molecule has 0 aliphatic carbocycles. The van der Waals surface area contributed by atoms with E-state index in [1.807, 2.05) is 31.2 Å². The van der Waals surface area contributed by atoms with E-state index < -0.39 is 10.0 Å². The highest BCUT2D eigenvalue weighted by Gasteiger charge is 2.18. The SMILES string of the molecule is COC(=O)CCCS(=O)(=O)N(C)Cc1ccc(C)cc1. The molecule has 0 bridgehead atoms. The lowest BCUT2D eigenvalue weighted by molar-refractivity contribution is -0.140. The van der Waals surface area contributed by atoms with Gasteiger partial charge >= 0.3 is 5.97 Å². The molecule has 1 aromatic carbocycles. The predicted octanol–water partition coefficient (Wildman–Crippen LogP) is 1.71. The molecule has 0 aliphatic heterocycles. The highest BCUT2D eigenvalue weighted by molar-refractivity contribution is 7.89. The normalized spacial score (nSPS) is 11.6. The lowest BCUT2D eigenvalue weighted by atomic mass is 10.1. The van der Waals surface area contributed by atoms with Crippen LogP contribution < -0.4 is 0 Å². The minimum absolute atomic E-state index is 0.0511. The van der Waals surface area contributed by atoms with Gasteiger partial charge in [-0.1, -0.05) is 29.8 Å². The Morgan fingerprint density at radius 2 is 1.85 bits per heavy atom. The van der Waals surface area contributed by atoms with Crippen molar-refractivity contribution in [1.82, 2.24) is 4.31 Å². The van der Waals surface area contributed by atoms with Crippen molar-refractivity contribution in [3.63, 3.8) is 0 Å². The maximum atomic E-state index is 12.0. The number of benzene rings is 1. The van der Waals surface area contributed by atoms with E-state index in [0.717, 1.165) is 11.1 Å². The first-order chi connectivity index (χ1) is 9.35. The molecule has 0 amide bonds. The van der Waals surface area contributed by atoms with E-state index >= 15 is 0 Å². The zero-order valence-electron chi connectivity index (χ0n) is 12.1. The molecule has 20 heavy (non-hydrogen) atoms. The summed E-state index contributed by atoms with van der Waals surface area (Å²) in [5, 5.41) is 0. The van der Waals surface area contributed by atoms with Gasteiger partial charge in [-0.2, -0.15) is 0 Å². The Labute approximate surface area is 120 Å². The smallest absolute Gasteiger partial charge is 0.305 e. The Kier molecular flexibility index (Phi) is 6.16. The van der Waals surface area contributed by atoms with Gasteiger partial charge in [0.1, 0.15) is 0 Å². The number of carbonyl (C=O) groups excluding carboxylic acids is 1. The highest BCUT2D eigenvalue weighted by atomic mass is 32.2. The van der Waals surface area contributed by atoms with Crippen LogP contribution in [0, 0.1) is 6.92 Å². The van der Waals surface area contributed by atoms with Crippen LogP contribution in [0.25, 0.3) is 0 Å². The molecule has 5 nitrogen and oxygen atoms in total. The summed E-state index contributed by atoms with van der Waals surface area (Å²) in [6.07, 6.45) is 0.390. The summed E-state index contributed by atoms with van der Waals surface area (Å²) in [5.74, 6) is -0.439. The second kappa shape index (κ2) is 7.40. The Balaban J connectivity index is 2.54. The minimum Gasteiger partial charge on any atom is -0.469 e. The number of methoxy groups -OCH3 is 1. The summed E-state index contributed by atoms with van der Waals surface area (Å²) in [4.78, 5) is 11.0. The fraction of sp³-hybridized carbons (Fsp3) is 0.500. The Morgan fingerprint density at radius 1 is 1.25 bits per heavy atom. The van der Waals surface area contributed by atoms with E-state index in [1.165, 1.54) is 11.4 Å². The molecule has 0 saturated heterocycles. The molecule has 1 aromatic rings. The third-order valence-corrected chi connectivity index (χ3v) is 4.89. The fourth-order valence-corrected chi connectivity index (χ4v) is 2.87. The van der Waals surface area contributed by atoms with Gasteiger partial charge in [0.15, 0.2) is 0 Å². The Bertz CT molecular complexity index is 537. The summed E-state index contributed by atoms with van der Waals surface area (Å²) < 4.78 is 29.9. The summed E-state index contributed by atoms with van der Waals surface area (Å²) in [5.41, 5.74) is 2.08. The summed E-state index contributed by atoms with van der Waals surface area (Å²) in [7, 11) is -0.506. The van der Waals surface area contributed by atoms with E-state index in [9.17, 15) is 13.2 Å². The summed E-state index contributed by atoms with van der Waals surface area (Å²) in [6.45, 7) is 2.32. The van der Waals surface area contributed by atoms with Gasteiger partial charge in [-0.15, -0.1) is 0 Å². The summed E-state index contributed by atoms with van der Waals surface area (Å²) >= 11 is 0. The van der Waals surface area contributed by atoms with E-state index in [-0.39, 0.29) is 24.6 Å². The molecular formula is C14H21NO4S. The van der Waals surface area contributed by atoms with Crippen LogP contribution >= 0.6 is 0 Å². The monoisotopic (exact) mass is 299 g/mol. The number of nitrogens with zero attached hydrogens (tertiary/aromatic N) is 1. The lowest BCUT2D eigenvalue weighted by Gasteiger charge is -2.17. The second-order valence-electron chi connectivity index (χ2n) is 4.74. The Morgan fingerprint density at radius 3 is 2.40 bits per heavy atom. The van der Waals surface area contributed by atoms with E-state index in [4.69, 9.17) is 0 Å². The van der Waals surface area contributed by atoms with Crippen LogP contribution in [0.2, 0.25) is 0 Å². The van der Waals surface area contributed by atoms with Crippen molar-refractivity contribution < 1.29 is 17.9 Å². The van der Waals surface area contributed by atoms with Crippen molar-refractivity contribution in [1.29, 1.82) is 0 Å². The van der Waals surface area contributed by atoms with Crippen molar-refractivity contribution in [3.8, 4) is 0 Å². The number of aryl methyl sites for hydroxylation is 1. The highest BCUT2D eigenvalue weighted by Crippen LogP contribution is 2.10. The average molecular weight is 299 g/mol. The van der Waals surface area contributed by atoms with Gasteiger partial charge in [0.2, 0.25) is 10.0 Å². The lowest BCUT2D eigenvalue weighted by Crippen LogP contribution is -2.29. The molecule has 112 valence electrons. The van der Waals surface area contributed by atoms with Crippen molar-refractivity contribution >= 4 is 16.0 Å². The minimum atomic E-state index is -3.35. The quantitative estimate of drug-likeness (QED) is 0.719. The van der Waals surface area contributed by atoms with Crippen LogP contribution in [-0.4, -0.2) is 38.6 Å². The van der Waals surface area contributed by atoms with Crippen molar-refractivity contribution in [2.24, 2.45) is 0 Å². The van der Waals surface area contributed by atoms with Crippen molar-refractivity contribution in [3.05, 3.63) is 35.4 Å². The largest absolute Gasteiger partial charge is 0.469 e. The number of ether oxygens (including phenoxy) is 1. The van der Waals surface area contributed by atoms with Gasteiger partial charge in [-0.05, 0) is 18.9 Å². The van der Waals surface area contributed by atoms with Gasteiger partial charge in [0, 0.05) is 20.0 Å². The number of sulfonamides is 1. The number of rotatable bonds is 7. The molecule has 0 fully saturated rings. The molecule has 0 saturated carbocycles. The van der Waals surface area contributed by atoms with Crippen molar-refractivity contribution in [2.75, 3.05) is 19.9 Å². The van der Waals surface area contributed by atoms with Crippen molar-refractivity contribution in [2.45, 2.75) is 26.3 Å². The molecule has 0 aliphatic rings. The molecule has 0 heterocycles. The third kappa shape index (κ3) is 5.30. The van der Waals surface area contributed by atoms with Crippen LogP contribution in [0.4, 0.5) is 0 Å². The number of esters is 1. The van der Waals surface area contributed by atoms with E-state index in [0.29, 0.717) is 6.54 Å². The van der Waals surface area contributed by atoms with Crippen LogP contribution in [0.15, 0.2) is 24.3 Å². The average Bonchev–Trinajstić information content (AvgIpc) is 2.40.